The van der Waals surface area contributed by atoms with Crippen LogP contribution in [-0.4, -0.2) is 17.7 Å². The molecule has 1 aliphatic heterocycles. The number of carbonyl (C=O) groups excluding carboxylic acids is 1. The average molecular weight is 250 g/mol. The smallest absolute Gasteiger partial charge is 0.233 e. The lowest BCUT2D eigenvalue weighted by Gasteiger charge is -2.14. The van der Waals surface area contributed by atoms with Crippen molar-refractivity contribution in [2.24, 2.45) is 0 Å². The Morgan fingerprint density at radius 3 is 3.00 bits per heavy atom. The first-order valence-electron chi connectivity index (χ1n) is 5.97. The Labute approximate surface area is 106 Å². The minimum absolute atomic E-state index is 0.0415. The average Bonchev–Trinajstić information content (AvgIpc) is 2.48. The molecule has 1 heterocycles. The normalized spacial score (nSPS) is 20.8. The van der Waals surface area contributed by atoms with E-state index in [9.17, 15) is 4.79 Å². The van der Waals surface area contributed by atoms with Crippen LogP contribution < -0.4 is 11.1 Å². The number of carbonyl (C=O) groups is 1. The van der Waals surface area contributed by atoms with Gasteiger partial charge in [-0.3, -0.25) is 4.79 Å². The molecule has 1 unspecified atom stereocenters. The van der Waals surface area contributed by atoms with Crippen LogP contribution in [0.1, 0.15) is 24.8 Å². The van der Waals surface area contributed by atoms with Crippen molar-refractivity contribution in [1.29, 1.82) is 0 Å². The molecule has 17 heavy (non-hydrogen) atoms. The quantitative estimate of drug-likeness (QED) is 0.792. The number of amides is 1. The van der Waals surface area contributed by atoms with Crippen molar-refractivity contribution in [3.05, 3.63) is 23.8 Å². The summed E-state index contributed by atoms with van der Waals surface area (Å²) < 4.78 is 0. The molecule has 3 nitrogen and oxygen atoms in total. The Morgan fingerprint density at radius 2 is 2.24 bits per heavy atom. The highest BCUT2D eigenvalue weighted by Gasteiger charge is 2.22. The van der Waals surface area contributed by atoms with Gasteiger partial charge in [-0.1, -0.05) is 6.42 Å². The van der Waals surface area contributed by atoms with Gasteiger partial charge in [0.15, 0.2) is 0 Å². The van der Waals surface area contributed by atoms with E-state index in [1.54, 1.807) is 11.8 Å². The van der Waals surface area contributed by atoms with Crippen LogP contribution in [0.2, 0.25) is 0 Å². The predicted molar refractivity (Wildman–Crippen MR) is 72.1 cm³/mol. The summed E-state index contributed by atoms with van der Waals surface area (Å²) in [7, 11) is 0. The van der Waals surface area contributed by atoms with Crippen molar-refractivity contribution in [1.82, 2.24) is 5.32 Å². The van der Waals surface area contributed by atoms with Crippen LogP contribution in [0.4, 0.5) is 5.69 Å². The minimum atomic E-state index is 0.0415. The van der Waals surface area contributed by atoms with E-state index in [0.29, 0.717) is 0 Å². The van der Waals surface area contributed by atoms with Gasteiger partial charge in [0, 0.05) is 17.1 Å². The van der Waals surface area contributed by atoms with Crippen LogP contribution in [-0.2, 0) is 4.79 Å². The number of thioether (sulfide) groups is 1. The van der Waals surface area contributed by atoms with E-state index in [1.165, 1.54) is 0 Å². The molecule has 3 N–H and O–H groups in total. The van der Waals surface area contributed by atoms with E-state index in [-0.39, 0.29) is 11.2 Å². The molecule has 2 rings (SSSR count). The lowest BCUT2D eigenvalue weighted by atomic mass is 10.2. The Bertz CT molecular complexity index is 420. The molecule has 0 spiro atoms. The molecular weight excluding hydrogens is 232 g/mol. The van der Waals surface area contributed by atoms with Crippen molar-refractivity contribution < 1.29 is 4.79 Å². The number of hydrogen-bond acceptors (Lipinski definition) is 3. The third-order valence-electron chi connectivity index (χ3n) is 2.95. The molecule has 0 aliphatic carbocycles. The maximum atomic E-state index is 11.8. The molecule has 1 aromatic carbocycles. The number of aryl methyl sites for hydroxylation is 1. The van der Waals surface area contributed by atoms with E-state index in [2.05, 4.69) is 5.32 Å². The second-order valence-corrected chi connectivity index (χ2v) is 5.66. The standard InChI is InChI=1S/C13H18N2OS/c1-9-8-10(14)5-6-11(9)17-12-4-2-3-7-15-13(12)16/h5-6,8,12H,2-4,7,14H2,1H3,(H,15,16). The summed E-state index contributed by atoms with van der Waals surface area (Å²) in [6.45, 7) is 2.85. The molecule has 1 atom stereocenters. The summed E-state index contributed by atoms with van der Waals surface area (Å²) in [5, 5.41) is 3.00. The van der Waals surface area contributed by atoms with Gasteiger partial charge in [-0.25, -0.2) is 0 Å². The zero-order valence-corrected chi connectivity index (χ0v) is 10.8. The van der Waals surface area contributed by atoms with E-state index in [0.717, 1.165) is 42.0 Å². The van der Waals surface area contributed by atoms with Gasteiger partial charge in [0.2, 0.25) is 5.91 Å². The van der Waals surface area contributed by atoms with Gasteiger partial charge in [-0.2, -0.15) is 0 Å². The lowest BCUT2D eigenvalue weighted by molar-refractivity contribution is -0.120. The molecule has 0 bridgehead atoms. The Morgan fingerprint density at radius 1 is 1.41 bits per heavy atom. The summed E-state index contributed by atoms with van der Waals surface area (Å²) in [5.41, 5.74) is 7.64. The van der Waals surface area contributed by atoms with Crippen molar-refractivity contribution in [2.45, 2.75) is 36.3 Å². The number of nitrogen functional groups attached to an aromatic ring is 1. The highest BCUT2D eigenvalue weighted by Crippen LogP contribution is 2.31. The first-order chi connectivity index (χ1) is 8.16. The summed E-state index contributed by atoms with van der Waals surface area (Å²) >= 11 is 1.65. The molecule has 1 aliphatic rings. The first-order valence-corrected chi connectivity index (χ1v) is 6.85. The SMILES string of the molecule is Cc1cc(N)ccc1SC1CCCCNC1=O. The van der Waals surface area contributed by atoms with E-state index in [4.69, 9.17) is 5.73 Å². The van der Waals surface area contributed by atoms with Crippen LogP contribution in [0.3, 0.4) is 0 Å². The van der Waals surface area contributed by atoms with Crippen LogP contribution >= 0.6 is 11.8 Å². The van der Waals surface area contributed by atoms with Crippen molar-refractivity contribution in [3.8, 4) is 0 Å². The lowest BCUT2D eigenvalue weighted by Crippen LogP contribution is -2.30. The molecule has 92 valence electrons. The molecule has 0 saturated carbocycles. The number of nitrogens with one attached hydrogen (secondary N) is 1. The summed E-state index contributed by atoms with van der Waals surface area (Å²) in [4.78, 5) is 13.0. The molecule has 1 saturated heterocycles. The molecule has 1 fully saturated rings. The fourth-order valence-corrected chi connectivity index (χ4v) is 3.15. The highest BCUT2D eigenvalue weighted by atomic mass is 32.2. The number of rotatable bonds is 2. The summed E-state index contributed by atoms with van der Waals surface area (Å²) in [6.07, 6.45) is 3.16. The Balaban J connectivity index is 2.10. The van der Waals surface area contributed by atoms with Gasteiger partial charge in [0.25, 0.3) is 0 Å². The summed E-state index contributed by atoms with van der Waals surface area (Å²) in [6, 6.07) is 5.86. The second kappa shape index (κ2) is 5.45. The van der Waals surface area contributed by atoms with E-state index < -0.39 is 0 Å². The molecule has 4 heteroatoms. The molecule has 0 radical (unpaired) electrons. The monoisotopic (exact) mass is 250 g/mol. The van der Waals surface area contributed by atoms with E-state index >= 15 is 0 Å². The van der Waals surface area contributed by atoms with Gasteiger partial charge in [-0.05, 0) is 43.5 Å². The van der Waals surface area contributed by atoms with Crippen LogP contribution in [0, 0.1) is 6.92 Å². The number of anilines is 1. The Hall–Kier alpha value is -1.16. The van der Waals surface area contributed by atoms with Gasteiger partial charge in [0.05, 0.1) is 5.25 Å². The van der Waals surface area contributed by atoms with Gasteiger partial charge in [0.1, 0.15) is 0 Å². The predicted octanol–water partition coefficient (Wildman–Crippen LogP) is 2.34. The molecule has 0 aromatic heterocycles. The van der Waals surface area contributed by atoms with Crippen LogP contribution in [0.15, 0.2) is 23.1 Å². The van der Waals surface area contributed by atoms with Gasteiger partial charge >= 0.3 is 0 Å². The second-order valence-electron chi connectivity index (χ2n) is 4.42. The van der Waals surface area contributed by atoms with Crippen LogP contribution in [0.25, 0.3) is 0 Å². The largest absolute Gasteiger partial charge is 0.399 e. The van der Waals surface area contributed by atoms with Crippen LogP contribution in [0.5, 0.6) is 0 Å². The van der Waals surface area contributed by atoms with Crippen molar-refractivity contribution in [2.75, 3.05) is 12.3 Å². The topological polar surface area (TPSA) is 55.1 Å². The number of hydrogen-bond donors (Lipinski definition) is 2. The van der Waals surface area contributed by atoms with Gasteiger partial charge < -0.3 is 11.1 Å². The molecule has 1 amide bonds. The zero-order valence-electron chi connectivity index (χ0n) is 10.0. The van der Waals surface area contributed by atoms with Crippen molar-refractivity contribution in [3.63, 3.8) is 0 Å². The highest BCUT2D eigenvalue weighted by molar-refractivity contribution is 8.00. The molecular formula is C13H18N2OS. The number of benzene rings is 1. The minimum Gasteiger partial charge on any atom is -0.399 e. The van der Waals surface area contributed by atoms with Gasteiger partial charge in [-0.15, -0.1) is 11.8 Å². The fraction of sp³-hybridized carbons (Fsp3) is 0.462. The number of nitrogens with two attached hydrogens (primary N) is 1. The summed E-state index contributed by atoms with van der Waals surface area (Å²) in [5.74, 6) is 0.170. The van der Waals surface area contributed by atoms with E-state index in [1.807, 2.05) is 25.1 Å². The Kier molecular flexibility index (Phi) is 3.94. The third kappa shape index (κ3) is 3.16. The van der Waals surface area contributed by atoms with Crippen molar-refractivity contribution >= 4 is 23.4 Å². The zero-order chi connectivity index (χ0) is 12.3. The fourth-order valence-electron chi connectivity index (χ4n) is 1.98. The maximum Gasteiger partial charge on any atom is 0.233 e. The molecule has 1 aromatic rings. The first kappa shape index (κ1) is 12.3. The maximum absolute atomic E-state index is 11.8. The third-order valence-corrected chi connectivity index (χ3v) is 4.40.